The summed E-state index contributed by atoms with van der Waals surface area (Å²) in [5, 5.41) is 32.1. The van der Waals surface area contributed by atoms with E-state index in [1.54, 1.807) is 13.8 Å². The van der Waals surface area contributed by atoms with E-state index in [0.717, 1.165) is 25.7 Å². The Bertz CT molecular complexity index is 1440. The van der Waals surface area contributed by atoms with Gasteiger partial charge in [0.25, 0.3) is 0 Å². The topological polar surface area (TPSA) is 250 Å². The van der Waals surface area contributed by atoms with E-state index in [1.165, 1.54) is 0 Å². The van der Waals surface area contributed by atoms with Gasteiger partial charge < -0.3 is 29.5 Å². The van der Waals surface area contributed by atoms with Crippen LogP contribution in [-0.2, 0) is 53.0 Å². The smallest absolute Gasteiger partial charge is 0.397 e. The Hall–Kier alpha value is -1.48. The largest absolute Gasteiger partial charge is 0.481 e. The summed E-state index contributed by atoms with van der Waals surface area (Å²) >= 11 is 0. The number of hydrogen-bond acceptors (Lipinski definition) is 13. The number of fused-ring (bicyclic) bond motifs is 3. The second-order valence-electron chi connectivity index (χ2n) is 15.2. The molecule has 0 aromatic carbocycles. The van der Waals surface area contributed by atoms with Crippen molar-refractivity contribution in [2.75, 3.05) is 6.61 Å². The highest BCUT2D eigenvalue weighted by Crippen LogP contribution is 2.71. The molecule has 5 aliphatic rings. The maximum atomic E-state index is 12.9. The highest BCUT2D eigenvalue weighted by atomic mass is 32.3. The predicted octanol–water partition coefficient (Wildman–Crippen LogP) is 1.75. The van der Waals surface area contributed by atoms with E-state index < -0.39 is 93.6 Å². The Morgan fingerprint density at radius 3 is 2.21 bits per heavy atom. The van der Waals surface area contributed by atoms with Crippen LogP contribution in [0.5, 0.6) is 0 Å². The number of carboxylic acids is 1. The summed E-state index contributed by atoms with van der Waals surface area (Å²) in [6.45, 7) is 6.47. The van der Waals surface area contributed by atoms with Crippen LogP contribution in [-0.4, -0.2) is 103 Å². The Labute approximate surface area is 280 Å². The molecule has 4 aliphatic carbocycles. The van der Waals surface area contributed by atoms with Crippen LogP contribution in [0.15, 0.2) is 0 Å². The van der Waals surface area contributed by atoms with E-state index in [9.17, 15) is 50.8 Å². The Morgan fingerprint density at radius 1 is 0.979 bits per heavy atom. The van der Waals surface area contributed by atoms with Crippen molar-refractivity contribution < 1.29 is 73.4 Å². The van der Waals surface area contributed by atoms with E-state index in [0.29, 0.717) is 18.8 Å². The van der Waals surface area contributed by atoms with Crippen LogP contribution in [0.3, 0.4) is 0 Å². The molecule has 18 heteroatoms. The van der Waals surface area contributed by atoms with Crippen molar-refractivity contribution in [1.29, 1.82) is 0 Å². The molecule has 1 spiro atoms. The normalized spacial score (nSPS) is 44.5. The summed E-state index contributed by atoms with van der Waals surface area (Å²) in [5.41, 5.74) is -0.985. The molecule has 14 atom stereocenters. The van der Waals surface area contributed by atoms with Crippen molar-refractivity contribution >= 4 is 32.7 Å². The quantitative estimate of drug-likeness (QED) is 0.115. The van der Waals surface area contributed by atoms with Crippen molar-refractivity contribution in [1.82, 2.24) is 0 Å². The van der Waals surface area contributed by atoms with Gasteiger partial charge >= 0.3 is 32.7 Å². The average molecular weight is 729 g/mol. The molecule has 0 aromatic heterocycles. The molecule has 0 radical (unpaired) electrons. The lowest BCUT2D eigenvalue weighted by atomic mass is 9.43. The first kappa shape index (κ1) is 37.8. The maximum Gasteiger partial charge on any atom is 0.397 e. The first-order valence-corrected chi connectivity index (χ1v) is 19.3. The molecule has 4 saturated carbocycles. The number of hydrogen-bond donors (Lipinski definition) is 5. The van der Waals surface area contributed by atoms with Crippen molar-refractivity contribution in [3.05, 3.63) is 0 Å². The van der Waals surface area contributed by atoms with Crippen LogP contribution >= 0.6 is 0 Å². The second-order valence-corrected chi connectivity index (χ2v) is 17.3. The van der Waals surface area contributed by atoms with Gasteiger partial charge in [0.1, 0.15) is 12.2 Å². The number of esters is 1. The molecule has 5 fully saturated rings. The van der Waals surface area contributed by atoms with Gasteiger partial charge in [-0.2, -0.15) is 16.8 Å². The number of aliphatic carboxylic acids is 1. The fourth-order valence-corrected chi connectivity index (χ4v) is 11.2. The molecule has 0 amide bonds. The van der Waals surface area contributed by atoms with Gasteiger partial charge in [0.05, 0.1) is 24.7 Å². The van der Waals surface area contributed by atoms with Gasteiger partial charge in [-0.1, -0.05) is 27.7 Å². The van der Waals surface area contributed by atoms with Gasteiger partial charge in [0, 0.05) is 11.8 Å². The third kappa shape index (κ3) is 7.29. The Kier molecular flexibility index (Phi) is 10.7. The molecular weight excluding hydrogens is 680 g/mol. The van der Waals surface area contributed by atoms with Gasteiger partial charge in [-0.3, -0.25) is 18.7 Å². The molecule has 1 heterocycles. The van der Waals surface area contributed by atoms with E-state index in [4.69, 9.17) is 18.4 Å². The Morgan fingerprint density at radius 2 is 1.62 bits per heavy atom. The highest BCUT2D eigenvalue weighted by molar-refractivity contribution is 7.81. The molecule has 5 N–H and O–H groups in total. The molecule has 5 rings (SSSR count). The number of carbonyl (C=O) groups excluding carboxylic acids is 1. The van der Waals surface area contributed by atoms with Crippen molar-refractivity contribution in [3.63, 3.8) is 0 Å². The first-order chi connectivity index (χ1) is 22.2. The van der Waals surface area contributed by atoms with E-state index >= 15 is 0 Å². The molecule has 13 unspecified atom stereocenters. The minimum Gasteiger partial charge on any atom is -0.481 e. The van der Waals surface area contributed by atoms with Gasteiger partial charge in [0.2, 0.25) is 0 Å². The number of aliphatic hydroxyl groups excluding tert-OH is 2. The fourth-order valence-electron chi connectivity index (χ4n) is 10.2. The molecule has 276 valence electrons. The fraction of sp³-hybridized carbons (Fsp3) is 0.933. The molecule has 1 aliphatic heterocycles. The molecule has 0 aromatic rings. The van der Waals surface area contributed by atoms with Gasteiger partial charge in [0.15, 0.2) is 18.5 Å². The third-order valence-corrected chi connectivity index (χ3v) is 12.9. The molecular formula is C30H48O16S2. The van der Waals surface area contributed by atoms with E-state index in [1.807, 2.05) is 6.92 Å². The molecule has 48 heavy (non-hydrogen) atoms. The number of aliphatic hydroxyl groups is 2. The predicted molar refractivity (Wildman–Crippen MR) is 162 cm³/mol. The lowest BCUT2D eigenvalue weighted by Gasteiger charge is -2.62. The second kappa shape index (κ2) is 13.6. The SMILES string of the molecule is CC(C)CC(=O)OC1C(OC2CC(C(=O)O)C3CCC45CC(CCC4C3(C)C2)C(C)C5O)OC(CO)C(OS(=O)(=O)O)[C@@H]1OS(=O)(=O)O. The zero-order valence-electron chi connectivity index (χ0n) is 27.4. The minimum absolute atomic E-state index is 0.00196. The summed E-state index contributed by atoms with van der Waals surface area (Å²) in [7, 11) is -10.8. The van der Waals surface area contributed by atoms with Crippen molar-refractivity contribution in [2.24, 2.45) is 46.3 Å². The summed E-state index contributed by atoms with van der Waals surface area (Å²) in [6, 6.07) is 0. The van der Waals surface area contributed by atoms with Gasteiger partial charge in [-0.15, -0.1) is 0 Å². The van der Waals surface area contributed by atoms with Crippen LogP contribution in [0.4, 0.5) is 0 Å². The summed E-state index contributed by atoms with van der Waals surface area (Å²) < 4.78 is 93.5. The van der Waals surface area contributed by atoms with Crippen molar-refractivity contribution in [2.45, 2.75) is 122 Å². The number of rotatable bonds is 11. The van der Waals surface area contributed by atoms with Crippen LogP contribution in [0.2, 0.25) is 0 Å². The Balaban J connectivity index is 1.51. The zero-order chi connectivity index (χ0) is 35.6. The molecule has 16 nitrogen and oxygen atoms in total. The summed E-state index contributed by atoms with van der Waals surface area (Å²) in [5.74, 6) is -2.79. The lowest BCUT2D eigenvalue weighted by Crippen LogP contribution is -2.64. The highest BCUT2D eigenvalue weighted by Gasteiger charge is 2.67. The van der Waals surface area contributed by atoms with Crippen molar-refractivity contribution in [3.8, 4) is 0 Å². The summed E-state index contributed by atoms with van der Waals surface area (Å²) in [4.78, 5) is 25.7. The van der Waals surface area contributed by atoms with Crippen LogP contribution in [0.1, 0.15) is 79.1 Å². The molecule has 1 saturated heterocycles. The standard InChI is InChI=1S/C30H48O16S2/c1-14(2)9-22(32)44-25-24(46-48(39,40)41)23(45-47(36,37)38)20(13-31)43-28(25)42-17-10-18(27(34)35)19-7-8-30-11-16(15(3)26(30)33)5-6-21(30)29(19,4)12-17/h14-21,23-26,28,31,33H,5-13H2,1-4H3,(H,34,35)(H,36,37,38)(H,39,40,41)/t15?,16?,17?,18?,19?,20?,21?,23?,24-,25?,26?,28?,29?,30?/m0/s1. The van der Waals surface area contributed by atoms with Crippen LogP contribution < -0.4 is 0 Å². The van der Waals surface area contributed by atoms with E-state index in [2.05, 4.69) is 11.1 Å². The monoisotopic (exact) mass is 728 g/mol. The zero-order valence-corrected chi connectivity index (χ0v) is 29.0. The summed E-state index contributed by atoms with van der Waals surface area (Å²) in [6.07, 6.45) is -7.24. The molecule has 2 bridgehead atoms. The number of carboxylic acid groups (broad SMARTS) is 1. The van der Waals surface area contributed by atoms with Gasteiger partial charge in [-0.05, 0) is 80.0 Å². The number of carbonyl (C=O) groups is 2. The average Bonchev–Trinajstić information content (AvgIpc) is 3.12. The first-order valence-electron chi connectivity index (χ1n) is 16.5. The third-order valence-electron chi connectivity index (χ3n) is 11.9. The van der Waals surface area contributed by atoms with E-state index in [-0.39, 0.29) is 41.9 Å². The maximum absolute atomic E-state index is 12.9. The van der Waals surface area contributed by atoms with Crippen LogP contribution in [0, 0.1) is 46.3 Å². The van der Waals surface area contributed by atoms with Crippen LogP contribution in [0.25, 0.3) is 0 Å². The number of ether oxygens (including phenoxy) is 3. The lowest BCUT2D eigenvalue weighted by molar-refractivity contribution is -0.316. The van der Waals surface area contributed by atoms with Gasteiger partial charge in [-0.25, -0.2) is 8.37 Å². The minimum atomic E-state index is -5.41.